The molecule has 1 aromatic carbocycles. The van der Waals surface area contributed by atoms with Gasteiger partial charge in [-0.1, -0.05) is 18.6 Å². The van der Waals surface area contributed by atoms with Crippen molar-refractivity contribution in [3.8, 4) is 0 Å². The van der Waals surface area contributed by atoms with E-state index in [-0.39, 0.29) is 6.04 Å². The molecule has 2 N–H and O–H groups in total. The first-order valence-corrected chi connectivity index (χ1v) is 10.5. The van der Waals surface area contributed by atoms with Gasteiger partial charge in [0.05, 0.1) is 6.04 Å². The average Bonchev–Trinajstić information content (AvgIpc) is 3.33. The van der Waals surface area contributed by atoms with E-state index in [1.807, 2.05) is 7.05 Å². The van der Waals surface area contributed by atoms with E-state index in [1.165, 1.54) is 69.3 Å². The molecule has 1 aromatic rings. The molecule has 2 saturated carbocycles. The topological polar surface area (TPSA) is 39.7 Å². The van der Waals surface area contributed by atoms with Gasteiger partial charge in [-0.25, -0.2) is 0 Å². The van der Waals surface area contributed by atoms with Gasteiger partial charge in [0, 0.05) is 32.4 Å². The Labute approximate surface area is 158 Å². The Morgan fingerprint density at radius 3 is 2.62 bits per heavy atom. The van der Waals surface area contributed by atoms with Gasteiger partial charge in [-0.2, -0.15) is 0 Å². The van der Waals surface area contributed by atoms with Crippen molar-refractivity contribution in [1.29, 1.82) is 0 Å². The van der Waals surface area contributed by atoms with Gasteiger partial charge >= 0.3 is 0 Å². The number of aliphatic imine (C=N–C) groups is 1. The summed E-state index contributed by atoms with van der Waals surface area (Å²) in [6.45, 7) is 5.70. The van der Waals surface area contributed by atoms with Gasteiger partial charge in [0.2, 0.25) is 0 Å². The molecule has 1 aliphatic heterocycles. The first kappa shape index (κ1) is 17.7. The van der Waals surface area contributed by atoms with Crippen LogP contribution in [-0.2, 0) is 0 Å². The second-order valence-corrected chi connectivity index (χ2v) is 8.57. The summed E-state index contributed by atoms with van der Waals surface area (Å²) >= 11 is 0. The van der Waals surface area contributed by atoms with Crippen molar-refractivity contribution in [2.75, 3.05) is 31.6 Å². The second kappa shape index (κ2) is 7.50. The van der Waals surface area contributed by atoms with Crippen LogP contribution >= 0.6 is 0 Å². The Morgan fingerprint density at radius 1 is 1.23 bits per heavy atom. The van der Waals surface area contributed by atoms with Crippen LogP contribution in [0.5, 0.6) is 0 Å². The number of anilines is 1. The molecule has 1 unspecified atom stereocenters. The monoisotopic (exact) mass is 354 g/mol. The molecule has 142 valence electrons. The second-order valence-electron chi connectivity index (χ2n) is 8.57. The fourth-order valence-electron chi connectivity index (χ4n) is 4.76. The lowest BCUT2D eigenvalue weighted by atomic mass is 9.65. The number of nitrogens with zero attached hydrogens (tertiary/aromatic N) is 2. The van der Waals surface area contributed by atoms with Crippen LogP contribution in [0.15, 0.2) is 29.3 Å². The molecule has 0 spiro atoms. The van der Waals surface area contributed by atoms with Gasteiger partial charge < -0.3 is 15.5 Å². The van der Waals surface area contributed by atoms with E-state index in [4.69, 9.17) is 0 Å². The van der Waals surface area contributed by atoms with E-state index in [0.29, 0.717) is 5.41 Å². The van der Waals surface area contributed by atoms with E-state index in [9.17, 15) is 0 Å². The van der Waals surface area contributed by atoms with Crippen molar-refractivity contribution in [1.82, 2.24) is 10.6 Å². The Morgan fingerprint density at radius 2 is 2.00 bits per heavy atom. The molecule has 3 aliphatic rings. The molecule has 1 saturated heterocycles. The molecule has 4 nitrogen and oxygen atoms in total. The number of nitrogens with one attached hydrogen (secondary N) is 2. The molecular weight excluding hydrogens is 320 g/mol. The van der Waals surface area contributed by atoms with Crippen LogP contribution in [0.1, 0.15) is 63.5 Å². The van der Waals surface area contributed by atoms with Crippen molar-refractivity contribution < 1.29 is 0 Å². The molecule has 0 amide bonds. The minimum Gasteiger partial charge on any atom is -0.372 e. The van der Waals surface area contributed by atoms with Crippen LogP contribution in [0.25, 0.3) is 0 Å². The van der Waals surface area contributed by atoms with Crippen molar-refractivity contribution >= 4 is 11.6 Å². The lowest BCUT2D eigenvalue weighted by Crippen LogP contribution is -2.47. The predicted molar refractivity (Wildman–Crippen MR) is 110 cm³/mol. The van der Waals surface area contributed by atoms with E-state index < -0.39 is 0 Å². The summed E-state index contributed by atoms with van der Waals surface area (Å²) in [5.41, 5.74) is 3.26. The quantitative estimate of drug-likeness (QED) is 0.597. The Bertz CT molecular complexity index is 639. The van der Waals surface area contributed by atoms with Crippen molar-refractivity contribution in [3.63, 3.8) is 0 Å². The van der Waals surface area contributed by atoms with E-state index >= 15 is 0 Å². The predicted octanol–water partition coefficient (Wildman–Crippen LogP) is 4.09. The molecule has 3 fully saturated rings. The highest BCUT2D eigenvalue weighted by Gasteiger charge is 2.48. The minimum atomic E-state index is 0.252. The van der Waals surface area contributed by atoms with Gasteiger partial charge in [-0.3, -0.25) is 4.99 Å². The zero-order valence-corrected chi connectivity index (χ0v) is 16.4. The minimum absolute atomic E-state index is 0.252. The normalized spacial score (nSPS) is 23.5. The molecule has 0 aromatic heterocycles. The summed E-state index contributed by atoms with van der Waals surface area (Å²) in [7, 11) is 1.88. The first-order valence-electron chi connectivity index (χ1n) is 10.5. The van der Waals surface area contributed by atoms with Crippen LogP contribution in [-0.4, -0.2) is 32.6 Å². The van der Waals surface area contributed by atoms with Crippen LogP contribution in [0, 0.1) is 11.3 Å². The largest absolute Gasteiger partial charge is 0.372 e. The smallest absolute Gasteiger partial charge is 0.191 e. The molecular formula is C22H34N4. The molecule has 4 heteroatoms. The maximum absolute atomic E-state index is 4.48. The van der Waals surface area contributed by atoms with E-state index in [1.54, 1.807) is 0 Å². The summed E-state index contributed by atoms with van der Waals surface area (Å²) in [5.74, 6) is 1.91. The highest BCUT2D eigenvalue weighted by atomic mass is 15.2. The number of rotatable bonds is 6. The molecule has 0 bridgehead atoms. The molecule has 0 radical (unpaired) electrons. The summed E-state index contributed by atoms with van der Waals surface area (Å²) in [4.78, 5) is 6.98. The van der Waals surface area contributed by atoms with Gasteiger partial charge in [-0.05, 0) is 74.5 Å². The van der Waals surface area contributed by atoms with Crippen molar-refractivity contribution in [3.05, 3.63) is 29.8 Å². The molecule has 26 heavy (non-hydrogen) atoms. The summed E-state index contributed by atoms with van der Waals surface area (Å²) in [5, 5.41) is 7.23. The fourth-order valence-corrected chi connectivity index (χ4v) is 4.76. The third kappa shape index (κ3) is 3.70. The number of benzene rings is 1. The average molecular weight is 355 g/mol. The van der Waals surface area contributed by atoms with Crippen molar-refractivity contribution in [2.24, 2.45) is 16.3 Å². The first-order chi connectivity index (χ1) is 12.7. The molecule has 1 heterocycles. The van der Waals surface area contributed by atoms with E-state index in [2.05, 4.69) is 51.7 Å². The van der Waals surface area contributed by atoms with Crippen LogP contribution in [0.4, 0.5) is 5.69 Å². The number of hydrogen-bond acceptors (Lipinski definition) is 2. The highest BCUT2D eigenvalue weighted by Crippen LogP contribution is 2.56. The molecule has 1 atom stereocenters. The molecule has 4 rings (SSSR count). The lowest BCUT2D eigenvalue weighted by Gasteiger charge is -2.43. The van der Waals surface area contributed by atoms with Gasteiger partial charge in [-0.15, -0.1) is 0 Å². The Kier molecular flexibility index (Phi) is 5.10. The third-order valence-corrected chi connectivity index (χ3v) is 6.82. The van der Waals surface area contributed by atoms with Crippen molar-refractivity contribution in [2.45, 2.75) is 57.9 Å². The van der Waals surface area contributed by atoms with Crippen LogP contribution in [0.2, 0.25) is 0 Å². The van der Waals surface area contributed by atoms with Gasteiger partial charge in [0.1, 0.15) is 0 Å². The van der Waals surface area contributed by atoms with E-state index in [0.717, 1.165) is 18.4 Å². The third-order valence-electron chi connectivity index (χ3n) is 6.82. The maximum Gasteiger partial charge on any atom is 0.191 e. The van der Waals surface area contributed by atoms with Crippen LogP contribution < -0.4 is 15.5 Å². The SMILES string of the molecule is CN=C(NCC1(C2CC2)CCC1)NC(C)c1cccc(N2CCCC2)c1. The zero-order chi connectivity index (χ0) is 18.0. The molecule has 2 aliphatic carbocycles. The Balaban J connectivity index is 1.35. The number of hydrogen-bond donors (Lipinski definition) is 2. The number of guanidine groups is 1. The Hall–Kier alpha value is -1.71. The summed E-state index contributed by atoms with van der Waals surface area (Å²) in [6, 6.07) is 9.25. The lowest BCUT2D eigenvalue weighted by molar-refractivity contribution is 0.106. The summed E-state index contributed by atoms with van der Waals surface area (Å²) < 4.78 is 0. The van der Waals surface area contributed by atoms with Gasteiger partial charge in [0.15, 0.2) is 5.96 Å². The summed E-state index contributed by atoms with van der Waals surface area (Å²) in [6.07, 6.45) is 9.71. The van der Waals surface area contributed by atoms with Gasteiger partial charge in [0.25, 0.3) is 0 Å². The standard InChI is InChI=1S/C22H34N4/c1-17(18-7-5-8-20(15-18)26-13-3-4-14-26)25-21(23-2)24-16-22(11-6-12-22)19-9-10-19/h5,7-8,15,17,19H,3-4,6,9-14,16H2,1-2H3,(H2,23,24,25). The highest BCUT2D eigenvalue weighted by molar-refractivity contribution is 5.80. The van der Waals surface area contributed by atoms with Crippen LogP contribution in [0.3, 0.4) is 0 Å². The maximum atomic E-state index is 4.48. The fraction of sp³-hybridized carbons (Fsp3) is 0.682. The zero-order valence-electron chi connectivity index (χ0n) is 16.4.